The molecule has 0 radical (unpaired) electrons. The molecule has 1 aliphatic heterocycles. The minimum Gasteiger partial charge on any atom is -1.00 e. The summed E-state index contributed by atoms with van der Waals surface area (Å²) in [5.41, 5.74) is 4.42. The number of carbonyl (C=O) groups is 1. The minimum atomic E-state index is -0.831. The summed E-state index contributed by atoms with van der Waals surface area (Å²) in [5.74, 6) is -0.0650. The lowest BCUT2D eigenvalue weighted by atomic mass is 9.95. The van der Waals surface area contributed by atoms with Gasteiger partial charge in [0, 0.05) is 6.42 Å². The van der Waals surface area contributed by atoms with E-state index in [1.807, 2.05) is 0 Å². The molecule has 0 bridgehead atoms. The third kappa shape index (κ3) is 2.81. The number of ether oxygens (including phenoxy) is 2. The van der Waals surface area contributed by atoms with Gasteiger partial charge in [-0.1, -0.05) is 6.07 Å². The van der Waals surface area contributed by atoms with Gasteiger partial charge in [-0.25, -0.2) is 0 Å². The summed E-state index contributed by atoms with van der Waals surface area (Å²) in [6.07, 6.45) is 0.523. The number of carboxylic acid groups (broad SMARTS) is 1. The first-order valence-electron chi connectivity index (χ1n) is 5.14. The molecule has 1 unspecified atom stereocenters. The molecule has 1 aromatic rings. The summed E-state index contributed by atoms with van der Waals surface area (Å²) < 4.78 is 10.4. The standard InChI is InChI=1S/C11H13NO4.ClH/c12-4-3-8(11(13)14)7-1-2-9-10(5-7)16-6-15-9;/h1-2,5,8H,3-4,6,12H2,(H,13,14);1H. The molecule has 1 aromatic carbocycles. The summed E-state index contributed by atoms with van der Waals surface area (Å²) in [6, 6.07) is 5.25. The second-order valence-electron chi connectivity index (χ2n) is 3.65. The zero-order valence-electron chi connectivity index (χ0n) is 9.19. The Bertz CT molecular complexity index is 410. The predicted molar refractivity (Wildman–Crippen MR) is 55.3 cm³/mol. The van der Waals surface area contributed by atoms with E-state index in [4.69, 9.17) is 14.6 Å². The Kier molecular flexibility index (Phi) is 4.60. The van der Waals surface area contributed by atoms with Gasteiger partial charge in [0.1, 0.15) is 0 Å². The van der Waals surface area contributed by atoms with E-state index >= 15 is 0 Å². The fourth-order valence-electron chi connectivity index (χ4n) is 1.77. The number of hydrogen-bond donors (Lipinski definition) is 2. The first-order valence-corrected chi connectivity index (χ1v) is 5.14. The van der Waals surface area contributed by atoms with E-state index in [1.54, 1.807) is 18.2 Å². The molecule has 6 heteroatoms. The molecule has 0 aromatic heterocycles. The van der Waals surface area contributed by atoms with Gasteiger partial charge in [0.15, 0.2) is 11.5 Å². The summed E-state index contributed by atoms with van der Waals surface area (Å²) in [5, 5.41) is 9.11. The van der Waals surface area contributed by atoms with Gasteiger partial charge < -0.3 is 32.7 Å². The number of carboxylic acids is 1. The SMILES string of the molecule is [Cl-].[NH3+]CCC(C(=O)O)c1ccc2c(c1)OCO2. The van der Waals surface area contributed by atoms with Crippen LogP contribution in [0.5, 0.6) is 11.5 Å². The molecule has 1 heterocycles. The molecule has 17 heavy (non-hydrogen) atoms. The van der Waals surface area contributed by atoms with Crippen LogP contribution in [0.25, 0.3) is 0 Å². The van der Waals surface area contributed by atoms with Crippen LogP contribution in [0.4, 0.5) is 0 Å². The van der Waals surface area contributed by atoms with Crippen molar-refractivity contribution < 1.29 is 37.5 Å². The van der Waals surface area contributed by atoms with Gasteiger partial charge >= 0.3 is 5.97 Å². The highest BCUT2D eigenvalue weighted by molar-refractivity contribution is 5.76. The van der Waals surface area contributed by atoms with E-state index in [0.717, 1.165) is 5.56 Å². The summed E-state index contributed by atoms with van der Waals surface area (Å²) in [7, 11) is 0. The number of halogens is 1. The topological polar surface area (TPSA) is 83.4 Å². The molecule has 1 aliphatic rings. The van der Waals surface area contributed by atoms with Crippen LogP contribution in [0.2, 0.25) is 0 Å². The molecular formula is C11H14ClNO4. The molecule has 4 N–H and O–H groups in total. The van der Waals surface area contributed by atoms with E-state index in [0.29, 0.717) is 24.5 Å². The van der Waals surface area contributed by atoms with E-state index in [-0.39, 0.29) is 19.2 Å². The lowest BCUT2D eigenvalue weighted by Gasteiger charge is -2.10. The Morgan fingerprint density at radius 2 is 2.12 bits per heavy atom. The molecular weight excluding hydrogens is 246 g/mol. The largest absolute Gasteiger partial charge is 1.00 e. The van der Waals surface area contributed by atoms with Crippen LogP contribution in [0, 0.1) is 0 Å². The van der Waals surface area contributed by atoms with Gasteiger partial charge in [-0.15, -0.1) is 0 Å². The highest BCUT2D eigenvalue weighted by Crippen LogP contribution is 2.35. The van der Waals surface area contributed by atoms with Gasteiger partial charge in [0.2, 0.25) is 6.79 Å². The Morgan fingerprint density at radius 1 is 1.41 bits per heavy atom. The van der Waals surface area contributed by atoms with Crippen LogP contribution in [-0.4, -0.2) is 24.4 Å². The number of hydrogen-bond acceptors (Lipinski definition) is 3. The summed E-state index contributed by atoms with van der Waals surface area (Å²) in [6.45, 7) is 0.789. The van der Waals surface area contributed by atoms with Crippen LogP contribution in [-0.2, 0) is 4.79 Å². The highest BCUT2D eigenvalue weighted by atomic mass is 35.5. The van der Waals surface area contributed by atoms with Gasteiger partial charge in [0.25, 0.3) is 0 Å². The molecule has 5 nitrogen and oxygen atoms in total. The second-order valence-corrected chi connectivity index (χ2v) is 3.65. The van der Waals surface area contributed by atoms with Crippen molar-refractivity contribution >= 4 is 5.97 Å². The van der Waals surface area contributed by atoms with Crippen molar-refractivity contribution in [1.29, 1.82) is 0 Å². The van der Waals surface area contributed by atoms with Crippen LogP contribution >= 0.6 is 0 Å². The first-order chi connectivity index (χ1) is 7.72. The third-order valence-corrected chi connectivity index (χ3v) is 2.59. The van der Waals surface area contributed by atoms with E-state index in [2.05, 4.69) is 5.73 Å². The van der Waals surface area contributed by atoms with Crippen molar-refractivity contribution in [3.63, 3.8) is 0 Å². The van der Waals surface area contributed by atoms with Crippen LogP contribution in [0.1, 0.15) is 17.9 Å². The quantitative estimate of drug-likeness (QED) is 0.613. The number of aliphatic carboxylic acids is 1. The number of benzene rings is 1. The van der Waals surface area contributed by atoms with Crippen molar-refractivity contribution in [2.24, 2.45) is 0 Å². The lowest BCUT2D eigenvalue weighted by Crippen LogP contribution is -3.00. The van der Waals surface area contributed by atoms with E-state index < -0.39 is 11.9 Å². The van der Waals surface area contributed by atoms with Crippen molar-refractivity contribution in [3.8, 4) is 11.5 Å². The molecule has 2 rings (SSSR count). The molecule has 0 fully saturated rings. The normalized spacial score (nSPS) is 13.9. The summed E-state index contributed by atoms with van der Waals surface area (Å²) in [4.78, 5) is 11.1. The third-order valence-electron chi connectivity index (χ3n) is 2.59. The minimum absolute atomic E-state index is 0. The molecule has 0 aliphatic carbocycles. The summed E-state index contributed by atoms with van der Waals surface area (Å²) >= 11 is 0. The van der Waals surface area contributed by atoms with Gasteiger partial charge in [-0.05, 0) is 17.7 Å². The Hall–Kier alpha value is -1.46. The maximum absolute atomic E-state index is 11.1. The molecule has 0 amide bonds. The van der Waals surface area contributed by atoms with Crippen LogP contribution < -0.4 is 27.6 Å². The van der Waals surface area contributed by atoms with E-state index in [9.17, 15) is 4.79 Å². The maximum Gasteiger partial charge on any atom is 0.311 e. The Labute approximate surface area is 105 Å². The molecule has 0 saturated heterocycles. The number of fused-ring (bicyclic) bond motifs is 1. The average molecular weight is 260 g/mol. The van der Waals surface area contributed by atoms with Crippen molar-refractivity contribution in [2.75, 3.05) is 13.3 Å². The fraction of sp³-hybridized carbons (Fsp3) is 0.364. The Morgan fingerprint density at radius 3 is 2.76 bits per heavy atom. The number of rotatable bonds is 4. The van der Waals surface area contributed by atoms with Gasteiger partial charge in [0.05, 0.1) is 12.5 Å². The zero-order valence-corrected chi connectivity index (χ0v) is 9.94. The van der Waals surface area contributed by atoms with Crippen molar-refractivity contribution in [2.45, 2.75) is 12.3 Å². The predicted octanol–water partition coefficient (Wildman–Crippen LogP) is -2.78. The maximum atomic E-state index is 11.1. The van der Waals surface area contributed by atoms with Crippen molar-refractivity contribution in [1.82, 2.24) is 0 Å². The van der Waals surface area contributed by atoms with Crippen LogP contribution in [0.15, 0.2) is 18.2 Å². The fourth-order valence-corrected chi connectivity index (χ4v) is 1.77. The molecule has 1 atom stereocenters. The smallest absolute Gasteiger partial charge is 0.311 e. The van der Waals surface area contributed by atoms with Crippen molar-refractivity contribution in [3.05, 3.63) is 23.8 Å². The highest BCUT2D eigenvalue weighted by Gasteiger charge is 2.22. The van der Waals surface area contributed by atoms with Gasteiger partial charge in [-0.3, -0.25) is 4.79 Å². The molecule has 0 spiro atoms. The van der Waals surface area contributed by atoms with Gasteiger partial charge in [-0.2, -0.15) is 0 Å². The lowest BCUT2D eigenvalue weighted by molar-refractivity contribution is -0.368. The second kappa shape index (κ2) is 5.75. The van der Waals surface area contributed by atoms with E-state index in [1.165, 1.54) is 0 Å². The first kappa shape index (κ1) is 13.6. The molecule has 0 saturated carbocycles. The average Bonchev–Trinajstić information content (AvgIpc) is 2.72. The molecule has 94 valence electrons. The zero-order chi connectivity index (χ0) is 11.5. The Balaban J connectivity index is 0.00000144. The monoisotopic (exact) mass is 259 g/mol. The van der Waals surface area contributed by atoms with Crippen LogP contribution in [0.3, 0.4) is 0 Å². The number of quaternary nitrogens is 1.